The largest absolute Gasteiger partial charge is 0.416 e. The van der Waals surface area contributed by atoms with E-state index in [1.54, 1.807) is 6.07 Å². The summed E-state index contributed by atoms with van der Waals surface area (Å²) < 4.78 is 41.8. The predicted molar refractivity (Wildman–Crippen MR) is 102 cm³/mol. The van der Waals surface area contributed by atoms with Crippen LogP contribution in [-0.4, -0.2) is 4.57 Å². The maximum Gasteiger partial charge on any atom is 0.416 e. The van der Waals surface area contributed by atoms with Gasteiger partial charge in [0.2, 0.25) is 0 Å². The zero-order valence-electron chi connectivity index (χ0n) is 13.9. The van der Waals surface area contributed by atoms with Crippen LogP contribution >= 0.6 is 27.3 Å². The molecular weight excluding hydrogens is 425 g/mol. The van der Waals surface area contributed by atoms with Crippen LogP contribution in [0.2, 0.25) is 0 Å². The average Bonchev–Trinajstić information content (AvgIpc) is 2.98. The number of halogens is 4. The first kappa shape index (κ1) is 18.9. The van der Waals surface area contributed by atoms with Crippen molar-refractivity contribution in [2.24, 2.45) is 4.99 Å². The molecule has 2 nitrogen and oxygen atoms in total. The van der Waals surface area contributed by atoms with Crippen molar-refractivity contribution in [3.05, 3.63) is 68.7 Å². The maximum atomic E-state index is 12.9. The number of hydrogen-bond acceptors (Lipinski definition) is 2. The Morgan fingerprint density at radius 3 is 2.50 bits per heavy atom. The van der Waals surface area contributed by atoms with Crippen molar-refractivity contribution in [1.82, 2.24) is 4.57 Å². The first-order valence-corrected chi connectivity index (χ1v) is 9.72. The summed E-state index contributed by atoms with van der Waals surface area (Å²) in [5, 5.41) is 1.99. The fourth-order valence-electron chi connectivity index (χ4n) is 2.57. The molecule has 1 aromatic heterocycles. The van der Waals surface area contributed by atoms with E-state index >= 15 is 0 Å². The van der Waals surface area contributed by atoms with E-state index in [4.69, 9.17) is 0 Å². The Bertz CT molecular complexity index is 956. The van der Waals surface area contributed by atoms with Crippen molar-refractivity contribution in [3.8, 4) is 11.3 Å². The summed E-state index contributed by atoms with van der Waals surface area (Å²) in [6, 6.07) is 13.0. The molecule has 0 saturated heterocycles. The second-order valence-corrected chi connectivity index (χ2v) is 7.47. The van der Waals surface area contributed by atoms with E-state index in [9.17, 15) is 13.2 Å². The zero-order valence-corrected chi connectivity index (χ0v) is 16.3. The van der Waals surface area contributed by atoms with Crippen LogP contribution in [0.5, 0.6) is 0 Å². The van der Waals surface area contributed by atoms with E-state index in [0.29, 0.717) is 10.5 Å². The number of thiazole rings is 1. The highest BCUT2D eigenvalue weighted by Crippen LogP contribution is 2.31. The summed E-state index contributed by atoms with van der Waals surface area (Å²) in [7, 11) is 0. The molecule has 0 atom stereocenters. The summed E-state index contributed by atoms with van der Waals surface area (Å²) in [6.07, 6.45) is -3.47. The Labute approximate surface area is 161 Å². The molecule has 3 aromatic rings. The van der Waals surface area contributed by atoms with E-state index in [0.717, 1.165) is 40.8 Å². The molecule has 0 unspecified atom stereocenters. The zero-order chi connectivity index (χ0) is 18.7. The lowest BCUT2D eigenvalue weighted by atomic mass is 10.2. The van der Waals surface area contributed by atoms with Crippen LogP contribution in [0, 0.1) is 0 Å². The molecule has 0 aliphatic carbocycles. The van der Waals surface area contributed by atoms with Crippen LogP contribution in [0.3, 0.4) is 0 Å². The normalized spacial score (nSPS) is 12.6. The summed E-state index contributed by atoms with van der Waals surface area (Å²) in [5.41, 5.74) is 1.66. The highest BCUT2D eigenvalue weighted by Gasteiger charge is 2.30. The van der Waals surface area contributed by atoms with E-state index in [-0.39, 0.29) is 0 Å². The Morgan fingerprint density at radius 1 is 1.12 bits per heavy atom. The van der Waals surface area contributed by atoms with Gasteiger partial charge in [-0.05, 0) is 42.3 Å². The van der Waals surface area contributed by atoms with Crippen LogP contribution in [0.4, 0.5) is 18.9 Å². The van der Waals surface area contributed by atoms with Crippen LogP contribution in [0.25, 0.3) is 11.3 Å². The minimum absolute atomic E-state index is 0.300. The third kappa shape index (κ3) is 4.27. The molecule has 7 heteroatoms. The van der Waals surface area contributed by atoms with Gasteiger partial charge < -0.3 is 4.57 Å². The number of rotatable bonds is 4. The number of hydrogen-bond donors (Lipinski definition) is 0. The molecule has 0 radical (unpaired) electrons. The SMILES string of the molecule is CCCn1c(-c2ccc(Br)cc2)csc1=Nc1cccc(C(F)(F)F)c1. The van der Waals surface area contributed by atoms with Gasteiger partial charge in [-0.15, -0.1) is 11.3 Å². The molecule has 26 heavy (non-hydrogen) atoms. The first-order valence-electron chi connectivity index (χ1n) is 8.04. The lowest BCUT2D eigenvalue weighted by molar-refractivity contribution is -0.137. The highest BCUT2D eigenvalue weighted by atomic mass is 79.9. The smallest absolute Gasteiger partial charge is 0.316 e. The third-order valence-electron chi connectivity index (χ3n) is 3.78. The van der Waals surface area contributed by atoms with Gasteiger partial charge in [0.25, 0.3) is 0 Å². The second kappa shape index (κ2) is 7.80. The van der Waals surface area contributed by atoms with E-state index in [1.807, 2.05) is 34.2 Å². The number of aromatic nitrogens is 1. The van der Waals surface area contributed by atoms with Crippen molar-refractivity contribution in [3.63, 3.8) is 0 Å². The van der Waals surface area contributed by atoms with Crippen molar-refractivity contribution in [1.29, 1.82) is 0 Å². The molecule has 0 saturated carbocycles. The molecule has 0 fully saturated rings. The maximum absolute atomic E-state index is 12.9. The third-order valence-corrected chi connectivity index (χ3v) is 5.18. The van der Waals surface area contributed by atoms with Gasteiger partial charge in [0, 0.05) is 16.4 Å². The summed E-state index contributed by atoms with van der Waals surface area (Å²) in [6.45, 7) is 2.80. The lowest BCUT2D eigenvalue weighted by Gasteiger charge is -2.08. The van der Waals surface area contributed by atoms with Gasteiger partial charge in [0.1, 0.15) is 0 Å². The summed E-state index contributed by atoms with van der Waals surface area (Å²) in [5.74, 6) is 0. The van der Waals surface area contributed by atoms with Gasteiger partial charge in [0.15, 0.2) is 4.80 Å². The molecule has 0 spiro atoms. The lowest BCUT2D eigenvalue weighted by Crippen LogP contribution is -2.15. The molecular formula is C19H16BrF3N2S. The first-order chi connectivity index (χ1) is 12.4. The topological polar surface area (TPSA) is 17.3 Å². The minimum atomic E-state index is -4.37. The van der Waals surface area contributed by atoms with Crippen molar-refractivity contribution in [2.75, 3.05) is 0 Å². The molecule has 0 bridgehead atoms. The Hall–Kier alpha value is -1.86. The number of nitrogens with zero attached hydrogens (tertiary/aromatic N) is 2. The fraction of sp³-hybridized carbons (Fsp3) is 0.211. The molecule has 0 aliphatic rings. The summed E-state index contributed by atoms with van der Waals surface area (Å²) >= 11 is 4.85. The summed E-state index contributed by atoms with van der Waals surface area (Å²) in [4.78, 5) is 5.15. The molecule has 0 amide bonds. The van der Waals surface area contributed by atoms with Crippen molar-refractivity contribution < 1.29 is 13.2 Å². The minimum Gasteiger partial charge on any atom is -0.316 e. The molecule has 0 aliphatic heterocycles. The Kier molecular flexibility index (Phi) is 5.67. The Balaban J connectivity index is 2.08. The number of benzene rings is 2. The van der Waals surface area contributed by atoms with Gasteiger partial charge in [-0.2, -0.15) is 13.2 Å². The van der Waals surface area contributed by atoms with Gasteiger partial charge in [0.05, 0.1) is 16.9 Å². The van der Waals surface area contributed by atoms with E-state index in [1.165, 1.54) is 17.4 Å². The second-order valence-electron chi connectivity index (χ2n) is 5.72. The van der Waals surface area contributed by atoms with Crippen LogP contribution in [0.15, 0.2) is 63.4 Å². The van der Waals surface area contributed by atoms with Gasteiger partial charge in [-0.1, -0.05) is 41.1 Å². The predicted octanol–water partition coefficient (Wildman–Crippen LogP) is 6.64. The molecule has 136 valence electrons. The van der Waals surface area contributed by atoms with Crippen LogP contribution in [0.1, 0.15) is 18.9 Å². The Morgan fingerprint density at radius 2 is 1.85 bits per heavy atom. The van der Waals surface area contributed by atoms with Crippen molar-refractivity contribution >= 4 is 33.0 Å². The highest BCUT2D eigenvalue weighted by molar-refractivity contribution is 9.10. The fourth-order valence-corrected chi connectivity index (χ4v) is 3.79. The van der Waals surface area contributed by atoms with E-state index in [2.05, 4.69) is 27.8 Å². The van der Waals surface area contributed by atoms with Gasteiger partial charge in [-0.3, -0.25) is 0 Å². The van der Waals surface area contributed by atoms with Crippen LogP contribution < -0.4 is 4.80 Å². The molecule has 2 aromatic carbocycles. The molecule has 1 heterocycles. The van der Waals surface area contributed by atoms with Gasteiger partial charge >= 0.3 is 6.18 Å². The average molecular weight is 441 g/mol. The standard InChI is InChI=1S/C19H16BrF3N2S/c1-2-10-25-17(13-6-8-15(20)9-7-13)12-26-18(25)24-16-5-3-4-14(11-16)19(21,22)23/h3-9,11-12H,2,10H2,1H3. The van der Waals surface area contributed by atoms with E-state index < -0.39 is 11.7 Å². The van der Waals surface area contributed by atoms with Gasteiger partial charge in [-0.25, -0.2) is 4.99 Å². The van der Waals surface area contributed by atoms with Crippen LogP contribution in [-0.2, 0) is 12.7 Å². The number of alkyl halides is 3. The molecule has 0 N–H and O–H groups in total. The monoisotopic (exact) mass is 440 g/mol. The van der Waals surface area contributed by atoms with Crippen molar-refractivity contribution in [2.45, 2.75) is 26.1 Å². The molecule has 3 rings (SSSR count). The quantitative estimate of drug-likeness (QED) is 0.432.